The van der Waals surface area contributed by atoms with Crippen LogP contribution >= 0.6 is 0 Å². The molecule has 8 nitrogen and oxygen atoms in total. The molecule has 0 saturated heterocycles. The number of non-ortho nitro benzene ring substituents is 1. The van der Waals surface area contributed by atoms with Gasteiger partial charge in [0, 0.05) is 23.4 Å². The van der Waals surface area contributed by atoms with E-state index in [4.69, 9.17) is 4.74 Å². The smallest absolute Gasteiger partial charge is 0.339 e. The molecule has 0 aliphatic rings. The van der Waals surface area contributed by atoms with Gasteiger partial charge in [0.05, 0.1) is 10.5 Å². The lowest BCUT2D eigenvalue weighted by Gasteiger charge is -2.14. The van der Waals surface area contributed by atoms with Crippen LogP contribution in [-0.2, 0) is 9.53 Å². The van der Waals surface area contributed by atoms with Gasteiger partial charge in [-0.25, -0.2) is 4.79 Å². The minimum atomic E-state index is -1.14. The third-order valence-corrected chi connectivity index (χ3v) is 3.48. The van der Waals surface area contributed by atoms with Crippen molar-refractivity contribution < 1.29 is 24.0 Å². The molecule has 0 radical (unpaired) electrons. The Kier molecular flexibility index (Phi) is 5.79. The van der Waals surface area contributed by atoms with Crippen molar-refractivity contribution in [3.05, 3.63) is 69.8 Å². The number of nitro benzene ring substituents is 1. The van der Waals surface area contributed by atoms with Gasteiger partial charge in [0.15, 0.2) is 11.9 Å². The number of Topliss-reactive ketones (excluding diaryl/α,β-unsaturated/α-hetero) is 1. The molecular formula is C18H16N2O6. The Morgan fingerprint density at radius 1 is 1.08 bits per heavy atom. The average Bonchev–Trinajstić information content (AvgIpc) is 2.61. The van der Waals surface area contributed by atoms with Gasteiger partial charge in [-0.05, 0) is 32.0 Å². The number of nitro groups is 1. The molecule has 134 valence electrons. The van der Waals surface area contributed by atoms with Gasteiger partial charge in [-0.2, -0.15) is 0 Å². The Bertz CT molecular complexity index is 877. The highest BCUT2D eigenvalue weighted by Gasteiger charge is 2.20. The molecule has 2 aromatic carbocycles. The van der Waals surface area contributed by atoms with Crippen molar-refractivity contribution in [3.63, 3.8) is 0 Å². The number of carbonyl (C=O) groups excluding carboxylic acids is 3. The number of carbonyl (C=O) groups is 3. The van der Waals surface area contributed by atoms with Gasteiger partial charge < -0.3 is 10.1 Å². The van der Waals surface area contributed by atoms with Gasteiger partial charge in [0.1, 0.15) is 0 Å². The van der Waals surface area contributed by atoms with E-state index in [2.05, 4.69) is 5.32 Å². The second kappa shape index (κ2) is 8.02. The summed E-state index contributed by atoms with van der Waals surface area (Å²) >= 11 is 0. The zero-order valence-electron chi connectivity index (χ0n) is 14.1. The number of esters is 1. The number of ketones is 1. The van der Waals surface area contributed by atoms with Crippen molar-refractivity contribution >= 4 is 29.0 Å². The average molecular weight is 356 g/mol. The van der Waals surface area contributed by atoms with Crippen LogP contribution in [0.1, 0.15) is 34.6 Å². The van der Waals surface area contributed by atoms with Gasteiger partial charge in [-0.3, -0.25) is 19.7 Å². The first-order valence-corrected chi connectivity index (χ1v) is 7.65. The highest BCUT2D eigenvalue weighted by atomic mass is 16.6. The molecule has 0 fully saturated rings. The molecule has 2 rings (SSSR count). The molecule has 0 aromatic heterocycles. The van der Waals surface area contributed by atoms with Crippen molar-refractivity contribution in [3.8, 4) is 0 Å². The highest BCUT2D eigenvalue weighted by molar-refractivity contribution is 5.99. The SMILES string of the molecule is CC(=O)c1cccc(NC(=O)[C@@H](C)OC(=O)c2cccc([N+](=O)[O-])c2)c1. The lowest BCUT2D eigenvalue weighted by Crippen LogP contribution is -2.30. The molecule has 1 amide bonds. The van der Waals surface area contributed by atoms with Crippen molar-refractivity contribution in [1.29, 1.82) is 0 Å². The standard InChI is InChI=1S/C18H16N2O6/c1-11(21)13-5-3-7-15(9-13)19-17(22)12(2)26-18(23)14-6-4-8-16(10-14)20(24)25/h3-10,12H,1-2H3,(H,19,22)/t12-/m1/s1. The number of amides is 1. The molecule has 0 bridgehead atoms. The lowest BCUT2D eigenvalue weighted by atomic mass is 10.1. The van der Waals surface area contributed by atoms with Crippen molar-refractivity contribution in [2.24, 2.45) is 0 Å². The molecule has 0 aliphatic heterocycles. The summed E-state index contributed by atoms with van der Waals surface area (Å²) in [5.74, 6) is -1.59. The molecule has 0 heterocycles. The maximum atomic E-state index is 12.2. The third kappa shape index (κ3) is 4.73. The van der Waals surface area contributed by atoms with Gasteiger partial charge in [0.2, 0.25) is 0 Å². The van der Waals surface area contributed by atoms with Crippen LogP contribution in [0.5, 0.6) is 0 Å². The third-order valence-electron chi connectivity index (χ3n) is 3.48. The Labute approximate surface area is 148 Å². The number of nitrogens with zero attached hydrogens (tertiary/aromatic N) is 1. The largest absolute Gasteiger partial charge is 0.449 e. The predicted molar refractivity (Wildman–Crippen MR) is 93.1 cm³/mol. The maximum absolute atomic E-state index is 12.2. The van der Waals surface area contributed by atoms with Crippen LogP contribution in [0.3, 0.4) is 0 Å². The van der Waals surface area contributed by atoms with Crippen molar-refractivity contribution in [1.82, 2.24) is 0 Å². The fraction of sp³-hybridized carbons (Fsp3) is 0.167. The Morgan fingerprint density at radius 3 is 2.38 bits per heavy atom. The van der Waals surface area contributed by atoms with E-state index < -0.39 is 22.9 Å². The summed E-state index contributed by atoms with van der Waals surface area (Å²) in [6.07, 6.45) is -1.14. The second-order valence-corrected chi connectivity index (χ2v) is 5.48. The highest BCUT2D eigenvalue weighted by Crippen LogP contribution is 2.15. The van der Waals surface area contributed by atoms with Crippen LogP contribution in [0.15, 0.2) is 48.5 Å². The summed E-state index contributed by atoms with van der Waals surface area (Å²) in [6.45, 7) is 2.78. The first kappa shape index (κ1) is 18.8. The van der Waals surface area contributed by atoms with E-state index in [0.29, 0.717) is 11.3 Å². The van der Waals surface area contributed by atoms with E-state index in [9.17, 15) is 24.5 Å². The number of anilines is 1. The normalized spacial score (nSPS) is 11.3. The number of hydrogen-bond acceptors (Lipinski definition) is 6. The zero-order valence-corrected chi connectivity index (χ0v) is 14.1. The predicted octanol–water partition coefficient (Wildman–Crippen LogP) is 2.98. The monoisotopic (exact) mass is 356 g/mol. The fourth-order valence-electron chi connectivity index (χ4n) is 2.09. The van der Waals surface area contributed by atoms with Crippen molar-refractivity contribution in [2.45, 2.75) is 20.0 Å². The summed E-state index contributed by atoms with van der Waals surface area (Å²) in [5, 5.41) is 13.3. The van der Waals surface area contributed by atoms with Crippen molar-refractivity contribution in [2.75, 3.05) is 5.32 Å². The zero-order chi connectivity index (χ0) is 19.3. The number of hydrogen-bond donors (Lipinski definition) is 1. The van der Waals surface area contributed by atoms with Gasteiger partial charge in [-0.15, -0.1) is 0 Å². The molecule has 0 unspecified atom stereocenters. The summed E-state index contributed by atoms with van der Waals surface area (Å²) in [7, 11) is 0. The van der Waals surface area contributed by atoms with Gasteiger partial charge in [-0.1, -0.05) is 18.2 Å². The first-order chi connectivity index (χ1) is 12.3. The minimum Gasteiger partial charge on any atom is -0.449 e. The molecule has 8 heteroatoms. The molecule has 0 spiro atoms. The van der Waals surface area contributed by atoms with E-state index in [0.717, 1.165) is 6.07 Å². The van der Waals surface area contributed by atoms with Crippen LogP contribution < -0.4 is 5.32 Å². The molecule has 2 aromatic rings. The molecule has 0 saturated carbocycles. The Hall–Kier alpha value is -3.55. The van der Waals surface area contributed by atoms with Crippen LogP contribution in [0.2, 0.25) is 0 Å². The Morgan fingerprint density at radius 2 is 1.73 bits per heavy atom. The minimum absolute atomic E-state index is 0.0302. The number of nitrogens with one attached hydrogen (secondary N) is 1. The van der Waals surface area contributed by atoms with E-state index in [-0.39, 0.29) is 17.0 Å². The summed E-state index contributed by atoms with van der Waals surface area (Å²) in [6, 6.07) is 11.4. The number of ether oxygens (including phenoxy) is 1. The Balaban J connectivity index is 2.03. The second-order valence-electron chi connectivity index (χ2n) is 5.48. The van der Waals surface area contributed by atoms with Gasteiger partial charge in [0.25, 0.3) is 11.6 Å². The number of rotatable bonds is 6. The molecule has 1 N–H and O–H groups in total. The summed E-state index contributed by atoms with van der Waals surface area (Å²) in [4.78, 5) is 45.7. The van der Waals surface area contributed by atoms with Crippen LogP contribution in [0.25, 0.3) is 0 Å². The summed E-state index contributed by atoms with van der Waals surface area (Å²) in [5.41, 5.74) is 0.542. The fourth-order valence-corrected chi connectivity index (χ4v) is 2.09. The topological polar surface area (TPSA) is 116 Å². The first-order valence-electron chi connectivity index (χ1n) is 7.65. The van der Waals surface area contributed by atoms with E-state index in [1.807, 2.05) is 0 Å². The summed E-state index contributed by atoms with van der Waals surface area (Å²) < 4.78 is 5.04. The van der Waals surface area contributed by atoms with E-state index in [1.165, 1.54) is 38.1 Å². The van der Waals surface area contributed by atoms with E-state index >= 15 is 0 Å². The van der Waals surface area contributed by atoms with E-state index in [1.54, 1.807) is 18.2 Å². The van der Waals surface area contributed by atoms with Crippen LogP contribution in [0.4, 0.5) is 11.4 Å². The molecule has 26 heavy (non-hydrogen) atoms. The van der Waals surface area contributed by atoms with Crippen LogP contribution in [0, 0.1) is 10.1 Å². The van der Waals surface area contributed by atoms with Crippen LogP contribution in [-0.4, -0.2) is 28.7 Å². The quantitative estimate of drug-likeness (QED) is 0.368. The van der Waals surface area contributed by atoms with Gasteiger partial charge >= 0.3 is 5.97 Å². The number of benzene rings is 2. The molecule has 0 aliphatic carbocycles. The maximum Gasteiger partial charge on any atom is 0.339 e. The molecular weight excluding hydrogens is 340 g/mol. The lowest BCUT2D eigenvalue weighted by molar-refractivity contribution is -0.384. The molecule has 1 atom stereocenters.